The van der Waals surface area contributed by atoms with Crippen molar-refractivity contribution < 1.29 is 0 Å². The second-order valence-electron chi connectivity index (χ2n) is 10.3. The van der Waals surface area contributed by atoms with Gasteiger partial charge in [0.25, 0.3) is 22.2 Å². The van der Waals surface area contributed by atoms with Crippen molar-refractivity contribution in [1.29, 1.82) is 0 Å². The Morgan fingerprint density at radius 1 is 0.541 bits per heavy atom. The average Bonchev–Trinajstić information content (AvgIpc) is 3.14. The molecule has 4 heterocycles. The Balaban J connectivity index is 1.83. The van der Waals surface area contributed by atoms with Crippen LogP contribution in [0.2, 0.25) is 0 Å². The molecule has 4 bridgehead atoms. The number of hydrogen-bond donors (Lipinski definition) is 0. The molecule has 0 saturated carbocycles. The van der Waals surface area contributed by atoms with E-state index in [0.29, 0.717) is 49.9 Å². The lowest BCUT2D eigenvalue weighted by molar-refractivity contribution is 0.545. The van der Waals surface area contributed by atoms with Crippen molar-refractivity contribution in [2.75, 3.05) is 0 Å². The smallest absolute Gasteiger partial charge is 0.262 e. The molecule has 0 saturated heterocycles. The van der Waals surface area contributed by atoms with Crippen molar-refractivity contribution in [1.82, 2.24) is 9.13 Å². The van der Waals surface area contributed by atoms with E-state index in [0.717, 1.165) is 64.2 Å². The van der Waals surface area contributed by atoms with Crippen molar-refractivity contribution in [3.8, 4) is 0 Å². The first-order valence-corrected chi connectivity index (χ1v) is 14.7. The van der Waals surface area contributed by atoms with E-state index >= 15 is 0 Å². The van der Waals surface area contributed by atoms with E-state index in [-0.39, 0.29) is 5.56 Å². The Kier molecular flexibility index (Phi) is 9.17. The monoisotopic (exact) mass is 568 g/mol. The zero-order valence-corrected chi connectivity index (χ0v) is 23.6. The molecule has 0 unspecified atom stereocenters. The number of halogens is 1. The number of aromatic nitrogens is 2. The molecule has 0 N–H and O–H groups in total. The van der Waals surface area contributed by atoms with Crippen LogP contribution in [0.1, 0.15) is 90.9 Å². The number of fused-ring (bicyclic) bond motifs is 6. The summed E-state index contributed by atoms with van der Waals surface area (Å²) in [5.41, 5.74) is -1.58. The first kappa shape index (κ1) is 27.5. The van der Waals surface area contributed by atoms with Crippen LogP contribution in [0.5, 0.6) is 0 Å². The van der Waals surface area contributed by atoms with Gasteiger partial charge in [0.1, 0.15) is 0 Å². The lowest BCUT2D eigenvalue weighted by Gasteiger charge is -2.03. The van der Waals surface area contributed by atoms with E-state index in [2.05, 4.69) is 29.8 Å². The van der Waals surface area contributed by atoms with E-state index in [1.165, 1.54) is 22.0 Å². The van der Waals surface area contributed by atoms with Gasteiger partial charge in [-0.3, -0.25) is 28.3 Å². The minimum Gasteiger partial charge on any atom is -0.274 e. The van der Waals surface area contributed by atoms with Gasteiger partial charge < -0.3 is 0 Å². The largest absolute Gasteiger partial charge is 0.274 e. The van der Waals surface area contributed by atoms with Gasteiger partial charge in [-0.25, -0.2) is 0 Å². The molecule has 0 aliphatic rings. The van der Waals surface area contributed by atoms with Crippen LogP contribution in [-0.4, -0.2) is 9.13 Å². The number of rotatable bonds is 14. The van der Waals surface area contributed by atoms with Crippen molar-refractivity contribution >= 4 is 48.2 Å². The molecule has 4 aromatic heterocycles. The quantitative estimate of drug-likeness (QED) is 0.161. The van der Waals surface area contributed by atoms with E-state index < -0.39 is 16.7 Å². The predicted octanol–water partition coefficient (Wildman–Crippen LogP) is 6.55. The van der Waals surface area contributed by atoms with Gasteiger partial charge in [0.15, 0.2) is 0 Å². The van der Waals surface area contributed by atoms with Crippen LogP contribution in [0.25, 0.3) is 32.3 Å². The number of benzene rings is 2. The normalized spacial score (nSPS) is 12.0. The topological polar surface area (TPSA) is 78.1 Å². The van der Waals surface area contributed by atoms with Crippen molar-refractivity contribution in [3.63, 3.8) is 0 Å². The number of unbranched alkanes of at least 4 members (excludes halogenated alkanes) is 10. The van der Waals surface area contributed by atoms with Gasteiger partial charge in [-0.15, -0.1) is 0 Å². The lowest BCUT2D eigenvalue weighted by Crippen LogP contribution is -2.30. The molecule has 0 atom stereocenters. The third-order valence-electron chi connectivity index (χ3n) is 7.59. The molecule has 2 aromatic carbocycles. The van der Waals surface area contributed by atoms with Crippen LogP contribution >= 0.6 is 15.9 Å². The van der Waals surface area contributed by atoms with E-state index in [1.807, 2.05) is 0 Å². The third kappa shape index (κ3) is 5.38. The second-order valence-corrected chi connectivity index (χ2v) is 11.1. The summed E-state index contributed by atoms with van der Waals surface area (Å²) in [7, 11) is 0. The Labute approximate surface area is 225 Å². The Hall–Kier alpha value is -2.54. The molecule has 6 rings (SSSR count). The van der Waals surface area contributed by atoms with Crippen molar-refractivity contribution in [2.24, 2.45) is 0 Å². The number of nitrogens with zero attached hydrogens (tertiary/aromatic N) is 2. The summed E-state index contributed by atoms with van der Waals surface area (Å²) >= 11 is 3.49. The van der Waals surface area contributed by atoms with E-state index in [1.54, 1.807) is 18.2 Å². The third-order valence-corrected chi connectivity index (χ3v) is 8.22. The Bertz CT molecular complexity index is 1610. The molecule has 0 spiro atoms. The SMILES string of the molecule is CCCCCCCCn1c(=O)c2ccc(c1=O)c1c3c(Br)cc(c(=O)n(CCCCCCCC)c3=O)c21. The lowest BCUT2D eigenvalue weighted by atomic mass is 10.00. The summed E-state index contributed by atoms with van der Waals surface area (Å²) < 4.78 is 3.09. The van der Waals surface area contributed by atoms with E-state index in [9.17, 15) is 19.2 Å². The summed E-state index contributed by atoms with van der Waals surface area (Å²) in [6.07, 6.45) is 12.5. The fourth-order valence-corrected chi connectivity index (χ4v) is 6.13. The molecule has 0 aliphatic carbocycles. The standard InChI is InChI=1S/C30H37BrN2O4/c1-3-5-7-9-11-13-17-32-27(34)20-15-16-21(28(32)35)25-24(20)22-19-23(31)26(25)30(37)33(29(22)36)18-14-12-10-8-6-4-2/h15-16,19H,3-14,17-18H2,1-2H3. The summed E-state index contributed by atoms with van der Waals surface area (Å²) in [6, 6.07) is 4.93. The predicted molar refractivity (Wildman–Crippen MR) is 157 cm³/mol. The number of hydrogen-bond acceptors (Lipinski definition) is 4. The summed E-state index contributed by atoms with van der Waals surface area (Å²) in [6.45, 7) is 5.00. The minimum absolute atomic E-state index is 0.301. The first-order chi connectivity index (χ1) is 17.9. The van der Waals surface area contributed by atoms with Crippen LogP contribution in [-0.2, 0) is 13.1 Å². The maximum Gasteiger partial charge on any atom is 0.262 e. The minimum atomic E-state index is -0.404. The summed E-state index contributed by atoms with van der Waals surface area (Å²) in [4.78, 5) is 54.5. The highest BCUT2D eigenvalue weighted by atomic mass is 79.9. The van der Waals surface area contributed by atoms with Crippen molar-refractivity contribution in [3.05, 3.63) is 64.1 Å². The van der Waals surface area contributed by atoms with Crippen LogP contribution in [0.3, 0.4) is 0 Å². The van der Waals surface area contributed by atoms with Crippen LogP contribution in [0.4, 0.5) is 0 Å². The van der Waals surface area contributed by atoms with E-state index in [4.69, 9.17) is 0 Å². The van der Waals surface area contributed by atoms with Gasteiger partial charge in [0.2, 0.25) is 0 Å². The fraction of sp³-hybridized carbons (Fsp3) is 0.533. The Morgan fingerprint density at radius 2 is 0.973 bits per heavy atom. The molecule has 6 aromatic rings. The zero-order valence-electron chi connectivity index (χ0n) is 22.0. The zero-order chi connectivity index (χ0) is 26.5. The molecule has 0 aliphatic heterocycles. The highest BCUT2D eigenvalue weighted by molar-refractivity contribution is 9.10. The van der Waals surface area contributed by atoms with Gasteiger partial charge >= 0.3 is 0 Å². The average molecular weight is 570 g/mol. The van der Waals surface area contributed by atoms with Gasteiger partial charge in [0.05, 0.1) is 5.39 Å². The highest BCUT2D eigenvalue weighted by Crippen LogP contribution is 2.33. The molecular weight excluding hydrogens is 532 g/mol. The van der Waals surface area contributed by atoms with Gasteiger partial charge in [0, 0.05) is 44.5 Å². The second kappa shape index (κ2) is 12.3. The molecule has 6 nitrogen and oxygen atoms in total. The first-order valence-electron chi connectivity index (χ1n) is 13.9. The molecular formula is C30H37BrN2O4. The van der Waals surface area contributed by atoms with Crippen LogP contribution < -0.4 is 22.2 Å². The molecule has 198 valence electrons. The molecule has 0 amide bonds. The van der Waals surface area contributed by atoms with Gasteiger partial charge in [-0.05, 0) is 47.0 Å². The maximum absolute atomic E-state index is 13.7. The molecule has 7 heteroatoms. The molecule has 0 fully saturated rings. The van der Waals surface area contributed by atoms with Crippen LogP contribution in [0.15, 0.2) is 41.8 Å². The van der Waals surface area contributed by atoms with Gasteiger partial charge in [-0.1, -0.05) is 78.1 Å². The molecule has 37 heavy (non-hydrogen) atoms. The maximum atomic E-state index is 13.7. The summed E-state index contributed by atoms with van der Waals surface area (Å²) in [5, 5.41) is 2.10. The van der Waals surface area contributed by atoms with Crippen molar-refractivity contribution in [2.45, 2.75) is 104 Å². The molecule has 0 radical (unpaired) electrons. The highest BCUT2D eigenvalue weighted by Gasteiger charge is 2.22. The summed E-state index contributed by atoms with van der Waals surface area (Å²) in [5.74, 6) is 0. The van der Waals surface area contributed by atoms with Crippen LogP contribution in [0, 0.1) is 0 Å². The Morgan fingerprint density at radius 3 is 1.51 bits per heavy atom. The van der Waals surface area contributed by atoms with Gasteiger partial charge in [-0.2, -0.15) is 0 Å². The fourth-order valence-electron chi connectivity index (χ4n) is 5.53.